The van der Waals surface area contributed by atoms with E-state index in [0.717, 1.165) is 44.7 Å². The first-order chi connectivity index (χ1) is 13.5. The predicted octanol–water partition coefficient (Wildman–Crippen LogP) is 4.40. The second kappa shape index (κ2) is 8.04. The van der Waals surface area contributed by atoms with E-state index in [-0.39, 0.29) is 23.6 Å². The zero-order valence-electron chi connectivity index (χ0n) is 16.8. The van der Waals surface area contributed by atoms with Gasteiger partial charge in [-0.2, -0.15) is 0 Å². The highest BCUT2D eigenvalue weighted by molar-refractivity contribution is 5.83. The Bertz CT molecular complexity index is 808. The molecule has 0 N–H and O–H groups in total. The molecule has 1 aliphatic carbocycles. The van der Waals surface area contributed by atoms with Crippen LogP contribution in [0.25, 0.3) is 0 Å². The van der Waals surface area contributed by atoms with Crippen molar-refractivity contribution in [1.29, 1.82) is 0 Å². The van der Waals surface area contributed by atoms with Crippen LogP contribution >= 0.6 is 0 Å². The van der Waals surface area contributed by atoms with Gasteiger partial charge in [0.15, 0.2) is 0 Å². The summed E-state index contributed by atoms with van der Waals surface area (Å²) in [6.07, 6.45) is 0.896. The lowest BCUT2D eigenvalue weighted by atomic mass is 10.0. The van der Waals surface area contributed by atoms with Crippen molar-refractivity contribution in [1.82, 2.24) is 9.80 Å². The van der Waals surface area contributed by atoms with Gasteiger partial charge in [0.25, 0.3) is 0 Å². The molecule has 0 bridgehead atoms. The summed E-state index contributed by atoms with van der Waals surface area (Å²) in [4.78, 5) is 17.3. The van der Waals surface area contributed by atoms with Crippen molar-refractivity contribution < 1.29 is 9.18 Å². The maximum Gasteiger partial charge on any atom is 0.226 e. The third kappa shape index (κ3) is 4.27. The van der Waals surface area contributed by atoms with E-state index in [4.69, 9.17) is 0 Å². The van der Waals surface area contributed by atoms with E-state index >= 15 is 0 Å². The first kappa shape index (κ1) is 19.1. The molecule has 28 heavy (non-hydrogen) atoms. The van der Waals surface area contributed by atoms with Crippen LogP contribution in [-0.4, -0.2) is 41.9 Å². The number of carbonyl (C=O) groups is 1. The smallest absolute Gasteiger partial charge is 0.226 e. The molecule has 0 spiro atoms. The molecule has 0 radical (unpaired) electrons. The minimum Gasteiger partial charge on any atom is -0.340 e. The van der Waals surface area contributed by atoms with E-state index in [1.54, 1.807) is 0 Å². The van der Waals surface area contributed by atoms with Crippen molar-refractivity contribution in [3.05, 3.63) is 71.0 Å². The zero-order valence-corrected chi connectivity index (χ0v) is 16.8. The van der Waals surface area contributed by atoms with Crippen LogP contribution in [0.15, 0.2) is 48.5 Å². The van der Waals surface area contributed by atoms with Crippen LogP contribution in [0.2, 0.25) is 0 Å². The number of amides is 1. The summed E-state index contributed by atoms with van der Waals surface area (Å²) >= 11 is 0. The standard InChI is InChI=1S/C24H29FN2O/c1-17(2)19-5-3-18(4-6-19)16-26-11-13-27(14-12-26)24(28)23-15-22(23)20-7-9-21(25)10-8-20/h3-10,17,22-23H,11-16H2,1-2H3. The maximum atomic E-state index is 13.1. The summed E-state index contributed by atoms with van der Waals surface area (Å²) in [5, 5.41) is 0. The van der Waals surface area contributed by atoms with Gasteiger partial charge in [-0.25, -0.2) is 4.39 Å². The quantitative estimate of drug-likeness (QED) is 0.768. The first-order valence-corrected chi connectivity index (χ1v) is 10.4. The topological polar surface area (TPSA) is 23.6 Å². The average Bonchev–Trinajstić information content (AvgIpc) is 3.50. The second-order valence-corrected chi connectivity index (χ2v) is 8.50. The van der Waals surface area contributed by atoms with Crippen LogP contribution in [0.5, 0.6) is 0 Å². The van der Waals surface area contributed by atoms with Gasteiger partial charge in [-0.3, -0.25) is 9.69 Å². The predicted molar refractivity (Wildman–Crippen MR) is 110 cm³/mol. The van der Waals surface area contributed by atoms with Gasteiger partial charge in [-0.1, -0.05) is 50.2 Å². The first-order valence-electron chi connectivity index (χ1n) is 10.4. The molecule has 0 aromatic heterocycles. The fourth-order valence-corrected chi connectivity index (χ4v) is 4.17. The van der Waals surface area contributed by atoms with Crippen molar-refractivity contribution in [2.75, 3.05) is 26.2 Å². The van der Waals surface area contributed by atoms with E-state index in [2.05, 4.69) is 43.0 Å². The van der Waals surface area contributed by atoms with Gasteiger partial charge in [0, 0.05) is 38.6 Å². The number of hydrogen-bond acceptors (Lipinski definition) is 2. The van der Waals surface area contributed by atoms with Crippen LogP contribution in [0.1, 0.15) is 48.8 Å². The molecular weight excluding hydrogens is 351 g/mol. The fraction of sp³-hybridized carbons (Fsp3) is 0.458. The van der Waals surface area contributed by atoms with Gasteiger partial charge < -0.3 is 4.90 Å². The SMILES string of the molecule is CC(C)c1ccc(CN2CCN(C(=O)C3CC3c3ccc(F)cc3)CC2)cc1. The lowest BCUT2D eigenvalue weighted by Crippen LogP contribution is -2.48. The van der Waals surface area contributed by atoms with Crippen LogP contribution in [-0.2, 0) is 11.3 Å². The molecule has 1 aliphatic heterocycles. The molecule has 4 rings (SSSR count). The van der Waals surface area contributed by atoms with Gasteiger partial charge in [-0.15, -0.1) is 0 Å². The Morgan fingerprint density at radius 1 is 1.00 bits per heavy atom. The van der Waals surface area contributed by atoms with Crippen molar-refractivity contribution >= 4 is 5.91 Å². The number of benzene rings is 2. The Labute approximate surface area is 167 Å². The van der Waals surface area contributed by atoms with E-state index in [9.17, 15) is 9.18 Å². The molecule has 2 atom stereocenters. The van der Waals surface area contributed by atoms with E-state index in [1.807, 2.05) is 17.0 Å². The van der Waals surface area contributed by atoms with Gasteiger partial charge >= 0.3 is 0 Å². The summed E-state index contributed by atoms with van der Waals surface area (Å²) in [6.45, 7) is 8.82. The van der Waals surface area contributed by atoms with E-state index < -0.39 is 0 Å². The minimum atomic E-state index is -0.220. The molecule has 1 saturated heterocycles. The maximum absolute atomic E-state index is 13.1. The third-order valence-electron chi connectivity index (χ3n) is 6.14. The molecule has 2 unspecified atom stereocenters. The fourth-order valence-electron chi connectivity index (χ4n) is 4.17. The molecule has 1 amide bonds. The normalized spacial score (nSPS) is 22.5. The number of rotatable bonds is 5. The third-order valence-corrected chi connectivity index (χ3v) is 6.14. The zero-order chi connectivity index (χ0) is 19.7. The highest BCUT2D eigenvalue weighted by Gasteiger charge is 2.46. The molecular formula is C24H29FN2O. The summed E-state index contributed by atoms with van der Waals surface area (Å²) in [5.41, 5.74) is 3.80. The number of nitrogens with zero attached hydrogens (tertiary/aromatic N) is 2. The van der Waals surface area contributed by atoms with Gasteiger partial charge in [0.1, 0.15) is 5.82 Å². The Morgan fingerprint density at radius 2 is 1.64 bits per heavy atom. The minimum absolute atomic E-state index is 0.0839. The van der Waals surface area contributed by atoms with Crippen molar-refractivity contribution in [3.8, 4) is 0 Å². The van der Waals surface area contributed by atoms with Crippen molar-refractivity contribution in [3.63, 3.8) is 0 Å². The Hall–Kier alpha value is -2.20. The van der Waals surface area contributed by atoms with Gasteiger partial charge in [0.05, 0.1) is 0 Å². The van der Waals surface area contributed by atoms with Gasteiger partial charge in [-0.05, 0) is 47.1 Å². The van der Waals surface area contributed by atoms with Crippen LogP contribution in [0.3, 0.4) is 0 Å². The summed E-state index contributed by atoms with van der Waals surface area (Å²) in [7, 11) is 0. The number of halogens is 1. The Balaban J connectivity index is 1.26. The van der Waals surface area contributed by atoms with Crippen LogP contribution in [0, 0.1) is 11.7 Å². The highest BCUT2D eigenvalue weighted by atomic mass is 19.1. The largest absolute Gasteiger partial charge is 0.340 e. The Morgan fingerprint density at radius 3 is 2.25 bits per heavy atom. The second-order valence-electron chi connectivity index (χ2n) is 8.50. The Kier molecular flexibility index (Phi) is 5.49. The molecule has 148 valence electrons. The molecule has 3 nitrogen and oxygen atoms in total. The molecule has 2 fully saturated rings. The summed E-state index contributed by atoms with van der Waals surface area (Å²) in [5.74, 6) is 0.966. The average molecular weight is 381 g/mol. The van der Waals surface area contributed by atoms with E-state index in [0.29, 0.717) is 5.92 Å². The molecule has 4 heteroatoms. The van der Waals surface area contributed by atoms with Crippen molar-refractivity contribution in [2.45, 2.75) is 38.6 Å². The molecule has 1 heterocycles. The lowest BCUT2D eigenvalue weighted by molar-refractivity contribution is -0.134. The molecule has 2 aromatic rings. The lowest BCUT2D eigenvalue weighted by Gasteiger charge is -2.35. The molecule has 2 aromatic carbocycles. The monoisotopic (exact) mass is 380 g/mol. The van der Waals surface area contributed by atoms with Gasteiger partial charge in [0.2, 0.25) is 5.91 Å². The number of hydrogen-bond donors (Lipinski definition) is 0. The summed E-state index contributed by atoms with van der Waals surface area (Å²) in [6, 6.07) is 15.5. The number of piperazine rings is 1. The molecule has 2 aliphatic rings. The van der Waals surface area contributed by atoms with Crippen LogP contribution in [0.4, 0.5) is 4.39 Å². The van der Waals surface area contributed by atoms with Crippen molar-refractivity contribution in [2.24, 2.45) is 5.92 Å². The molecule has 1 saturated carbocycles. The van der Waals surface area contributed by atoms with E-state index in [1.165, 1.54) is 23.3 Å². The van der Waals surface area contributed by atoms with Crippen LogP contribution < -0.4 is 0 Å². The number of carbonyl (C=O) groups excluding carboxylic acids is 1. The summed E-state index contributed by atoms with van der Waals surface area (Å²) < 4.78 is 13.1. The highest BCUT2D eigenvalue weighted by Crippen LogP contribution is 2.48.